The fraction of sp³-hybridized carbons (Fsp3) is 0.632. The number of benzene rings is 1. The molecule has 4 rings (SSSR count). The molecule has 3 N–H and O–H groups in total. The number of nitrogens with zero attached hydrogens (tertiary/aromatic N) is 1. The maximum atomic E-state index is 14.2. The van der Waals surface area contributed by atoms with Gasteiger partial charge in [0.15, 0.2) is 0 Å². The molecule has 2 saturated heterocycles. The zero-order chi connectivity index (χ0) is 18.1. The van der Waals surface area contributed by atoms with Gasteiger partial charge in [-0.05, 0) is 37.9 Å². The minimum atomic E-state index is -0.587. The lowest BCUT2D eigenvalue weighted by Crippen LogP contribution is -2.52. The van der Waals surface area contributed by atoms with Crippen LogP contribution in [0.5, 0.6) is 0 Å². The van der Waals surface area contributed by atoms with Gasteiger partial charge in [-0.2, -0.15) is 0 Å². The molecule has 0 aromatic heterocycles. The molecular formula is C19H26F2N4O. The summed E-state index contributed by atoms with van der Waals surface area (Å²) in [5.41, 5.74) is 6.37. The Bertz CT molecular complexity index is 645. The Morgan fingerprint density at radius 1 is 1.12 bits per heavy atom. The van der Waals surface area contributed by atoms with Crippen molar-refractivity contribution >= 4 is 5.91 Å². The Labute approximate surface area is 152 Å². The molecule has 0 radical (unpaired) electrons. The second kappa shape index (κ2) is 7.58. The van der Waals surface area contributed by atoms with Crippen LogP contribution in [-0.4, -0.2) is 42.0 Å². The zero-order valence-electron chi connectivity index (χ0n) is 14.8. The normalized spacial score (nSPS) is 28.9. The van der Waals surface area contributed by atoms with Crippen molar-refractivity contribution in [2.24, 2.45) is 5.92 Å². The first kappa shape index (κ1) is 17.8. The number of hydrogen-bond acceptors (Lipinski definition) is 4. The molecule has 0 bridgehead atoms. The molecule has 3 unspecified atom stereocenters. The van der Waals surface area contributed by atoms with Crippen molar-refractivity contribution in [2.75, 3.05) is 13.1 Å². The molecule has 7 heteroatoms. The molecule has 1 aliphatic carbocycles. The summed E-state index contributed by atoms with van der Waals surface area (Å²) in [6.45, 7) is 1.70. The molecule has 2 aliphatic heterocycles. The largest absolute Gasteiger partial charge is 0.334 e. The van der Waals surface area contributed by atoms with Crippen molar-refractivity contribution < 1.29 is 13.6 Å². The summed E-state index contributed by atoms with van der Waals surface area (Å²) in [4.78, 5) is 15.1. The van der Waals surface area contributed by atoms with Gasteiger partial charge in [0.05, 0.1) is 6.54 Å². The SMILES string of the molecule is O=C(C1NNC2CCNCC21)N(Cc1c(F)cccc1F)C1CCCC1. The maximum absolute atomic E-state index is 14.2. The van der Waals surface area contributed by atoms with Crippen LogP contribution in [0.3, 0.4) is 0 Å². The predicted molar refractivity (Wildman–Crippen MR) is 94.0 cm³/mol. The van der Waals surface area contributed by atoms with Gasteiger partial charge in [-0.15, -0.1) is 0 Å². The highest BCUT2D eigenvalue weighted by molar-refractivity contribution is 5.83. The lowest BCUT2D eigenvalue weighted by atomic mass is 9.88. The fourth-order valence-electron chi connectivity index (χ4n) is 4.60. The molecule has 1 aromatic carbocycles. The number of amides is 1. The first-order valence-corrected chi connectivity index (χ1v) is 9.60. The van der Waals surface area contributed by atoms with E-state index in [0.29, 0.717) is 0 Å². The van der Waals surface area contributed by atoms with Crippen LogP contribution >= 0.6 is 0 Å². The molecule has 0 spiro atoms. The minimum Gasteiger partial charge on any atom is -0.334 e. The van der Waals surface area contributed by atoms with E-state index in [4.69, 9.17) is 0 Å². The third kappa shape index (κ3) is 3.35. The number of rotatable bonds is 4. The predicted octanol–water partition coefficient (Wildman–Crippen LogP) is 1.69. The summed E-state index contributed by atoms with van der Waals surface area (Å²) < 4.78 is 28.4. The summed E-state index contributed by atoms with van der Waals surface area (Å²) in [5.74, 6) is -1.07. The van der Waals surface area contributed by atoms with Crippen LogP contribution in [-0.2, 0) is 11.3 Å². The Hall–Kier alpha value is -1.57. The second-order valence-corrected chi connectivity index (χ2v) is 7.63. The number of piperidine rings is 1. The van der Waals surface area contributed by atoms with Crippen LogP contribution in [0.1, 0.15) is 37.7 Å². The Kier molecular flexibility index (Phi) is 5.20. The molecule has 3 fully saturated rings. The van der Waals surface area contributed by atoms with Gasteiger partial charge in [0, 0.05) is 30.1 Å². The third-order valence-corrected chi connectivity index (χ3v) is 6.09. The zero-order valence-corrected chi connectivity index (χ0v) is 14.8. The summed E-state index contributed by atoms with van der Waals surface area (Å²) in [6.07, 6.45) is 4.87. The van der Waals surface area contributed by atoms with E-state index in [1.165, 1.54) is 18.2 Å². The summed E-state index contributed by atoms with van der Waals surface area (Å²) in [7, 11) is 0. The number of nitrogens with one attached hydrogen (secondary N) is 3. The standard InChI is InChI=1S/C19H26F2N4O/c20-15-6-3-7-16(21)14(15)11-25(12-4-1-2-5-12)19(26)18-13-10-22-9-8-17(13)23-24-18/h3,6-7,12-13,17-18,22-24H,1-2,4-5,8-11H2. The van der Waals surface area contributed by atoms with E-state index < -0.39 is 11.6 Å². The Balaban J connectivity index is 1.58. The van der Waals surface area contributed by atoms with Crippen LogP contribution < -0.4 is 16.2 Å². The highest BCUT2D eigenvalue weighted by Crippen LogP contribution is 2.29. The van der Waals surface area contributed by atoms with Crippen LogP contribution in [0.4, 0.5) is 8.78 Å². The lowest BCUT2D eigenvalue weighted by Gasteiger charge is -2.34. The smallest absolute Gasteiger partial charge is 0.242 e. The number of carbonyl (C=O) groups is 1. The van der Waals surface area contributed by atoms with Gasteiger partial charge < -0.3 is 10.2 Å². The van der Waals surface area contributed by atoms with Crippen molar-refractivity contribution in [1.29, 1.82) is 0 Å². The molecular weight excluding hydrogens is 338 g/mol. The van der Waals surface area contributed by atoms with Crippen molar-refractivity contribution in [1.82, 2.24) is 21.1 Å². The quantitative estimate of drug-likeness (QED) is 0.761. The number of fused-ring (bicyclic) bond motifs is 1. The van der Waals surface area contributed by atoms with Gasteiger partial charge in [-0.3, -0.25) is 10.2 Å². The van der Waals surface area contributed by atoms with E-state index in [0.717, 1.165) is 45.2 Å². The van der Waals surface area contributed by atoms with E-state index in [-0.39, 0.29) is 42.1 Å². The molecule has 2 heterocycles. The summed E-state index contributed by atoms with van der Waals surface area (Å²) >= 11 is 0. The van der Waals surface area contributed by atoms with Gasteiger partial charge in [0.2, 0.25) is 5.91 Å². The molecule has 3 atom stereocenters. The lowest BCUT2D eigenvalue weighted by molar-refractivity contribution is -0.137. The number of hydrazine groups is 1. The van der Waals surface area contributed by atoms with Gasteiger partial charge in [-0.25, -0.2) is 14.2 Å². The van der Waals surface area contributed by atoms with Crippen LogP contribution in [0.15, 0.2) is 18.2 Å². The van der Waals surface area contributed by atoms with Gasteiger partial charge in [0.25, 0.3) is 0 Å². The van der Waals surface area contributed by atoms with E-state index in [2.05, 4.69) is 16.2 Å². The number of carbonyl (C=O) groups excluding carboxylic acids is 1. The van der Waals surface area contributed by atoms with E-state index in [1.807, 2.05) is 0 Å². The monoisotopic (exact) mass is 364 g/mol. The van der Waals surface area contributed by atoms with Crippen LogP contribution in [0, 0.1) is 17.6 Å². The first-order valence-electron chi connectivity index (χ1n) is 9.60. The topological polar surface area (TPSA) is 56.4 Å². The van der Waals surface area contributed by atoms with Gasteiger partial charge in [-0.1, -0.05) is 18.9 Å². The summed E-state index contributed by atoms with van der Waals surface area (Å²) in [6, 6.07) is 3.83. The maximum Gasteiger partial charge on any atom is 0.242 e. The molecule has 5 nitrogen and oxygen atoms in total. The fourth-order valence-corrected chi connectivity index (χ4v) is 4.60. The Morgan fingerprint density at radius 3 is 2.58 bits per heavy atom. The average Bonchev–Trinajstić information content (AvgIpc) is 3.31. The Morgan fingerprint density at radius 2 is 1.85 bits per heavy atom. The number of halogens is 2. The molecule has 1 saturated carbocycles. The minimum absolute atomic E-state index is 0.00893. The molecule has 142 valence electrons. The first-order chi connectivity index (χ1) is 12.6. The van der Waals surface area contributed by atoms with Crippen molar-refractivity contribution in [3.8, 4) is 0 Å². The average molecular weight is 364 g/mol. The highest BCUT2D eigenvalue weighted by atomic mass is 19.1. The number of hydrogen-bond donors (Lipinski definition) is 3. The van der Waals surface area contributed by atoms with Crippen molar-refractivity contribution in [3.05, 3.63) is 35.4 Å². The molecule has 1 aromatic rings. The molecule has 3 aliphatic rings. The third-order valence-electron chi connectivity index (χ3n) is 6.09. The van der Waals surface area contributed by atoms with E-state index in [1.54, 1.807) is 4.90 Å². The van der Waals surface area contributed by atoms with Crippen molar-refractivity contribution in [2.45, 2.75) is 56.8 Å². The summed E-state index contributed by atoms with van der Waals surface area (Å²) in [5, 5.41) is 3.35. The second-order valence-electron chi connectivity index (χ2n) is 7.63. The molecule has 26 heavy (non-hydrogen) atoms. The highest BCUT2D eigenvalue weighted by Gasteiger charge is 2.44. The van der Waals surface area contributed by atoms with E-state index >= 15 is 0 Å². The van der Waals surface area contributed by atoms with Gasteiger partial charge in [0.1, 0.15) is 17.7 Å². The van der Waals surface area contributed by atoms with Crippen LogP contribution in [0.2, 0.25) is 0 Å². The van der Waals surface area contributed by atoms with Crippen LogP contribution in [0.25, 0.3) is 0 Å². The van der Waals surface area contributed by atoms with Crippen molar-refractivity contribution in [3.63, 3.8) is 0 Å². The van der Waals surface area contributed by atoms with E-state index in [9.17, 15) is 13.6 Å². The van der Waals surface area contributed by atoms with Gasteiger partial charge >= 0.3 is 0 Å². The molecule has 1 amide bonds.